The minimum absolute atomic E-state index is 0.298. The van der Waals surface area contributed by atoms with Gasteiger partial charge in [-0.25, -0.2) is 0 Å². The molecule has 1 atom stereocenters. The van der Waals surface area contributed by atoms with Gasteiger partial charge in [0.2, 0.25) is 0 Å². The fourth-order valence-corrected chi connectivity index (χ4v) is 0.783. The van der Waals surface area contributed by atoms with Crippen molar-refractivity contribution in [2.75, 3.05) is 19.8 Å². The highest BCUT2D eigenvalue weighted by Gasteiger charge is 2.01. The van der Waals surface area contributed by atoms with Crippen molar-refractivity contribution in [3.05, 3.63) is 0 Å². The van der Waals surface area contributed by atoms with Gasteiger partial charge in [0.1, 0.15) is 0 Å². The van der Waals surface area contributed by atoms with Crippen molar-refractivity contribution < 1.29 is 14.3 Å². The largest absolute Gasteiger partial charge is 0.468 e. The molecule has 0 N–H and O–H groups in total. The summed E-state index contributed by atoms with van der Waals surface area (Å²) in [5.41, 5.74) is 0. The molecule has 12 heavy (non-hydrogen) atoms. The number of ether oxygens (including phenoxy) is 2. The van der Waals surface area contributed by atoms with Crippen LogP contribution >= 0.6 is 0 Å². The minimum atomic E-state index is 0.298. The first-order valence-electron chi connectivity index (χ1n) is 4.44. The first kappa shape index (κ1) is 11.4. The molecule has 0 radical (unpaired) electrons. The van der Waals surface area contributed by atoms with Gasteiger partial charge in [-0.2, -0.15) is 0 Å². The average Bonchev–Trinajstić information content (AvgIpc) is 2.09. The third-order valence-corrected chi connectivity index (χ3v) is 1.49. The van der Waals surface area contributed by atoms with Crippen LogP contribution < -0.4 is 0 Å². The monoisotopic (exact) mass is 174 g/mol. The standard InChI is InChI=1S/C9H18O3/c1-3-4-5-11-6-9(2)7-12-8-10/h8-9H,3-7H2,1-2H3. The maximum absolute atomic E-state index is 9.82. The van der Waals surface area contributed by atoms with Crippen molar-refractivity contribution in [2.45, 2.75) is 26.7 Å². The first-order chi connectivity index (χ1) is 5.81. The Kier molecular flexibility index (Phi) is 8.12. The van der Waals surface area contributed by atoms with E-state index in [1.54, 1.807) is 0 Å². The lowest BCUT2D eigenvalue weighted by Crippen LogP contribution is -2.12. The van der Waals surface area contributed by atoms with Gasteiger partial charge in [0.25, 0.3) is 6.47 Å². The zero-order valence-electron chi connectivity index (χ0n) is 7.91. The number of hydrogen-bond acceptors (Lipinski definition) is 3. The van der Waals surface area contributed by atoms with E-state index in [-0.39, 0.29) is 0 Å². The van der Waals surface area contributed by atoms with E-state index >= 15 is 0 Å². The summed E-state index contributed by atoms with van der Waals surface area (Å²) in [6.45, 7) is 6.53. The Balaban J connectivity index is 3.07. The third-order valence-electron chi connectivity index (χ3n) is 1.49. The van der Waals surface area contributed by atoms with Crippen LogP contribution in [0.5, 0.6) is 0 Å². The number of unbranched alkanes of at least 4 members (excludes halogenated alkanes) is 1. The summed E-state index contributed by atoms with van der Waals surface area (Å²) in [6.07, 6.45) is 2.25. The van der Waals surface area contributed by atoms with Crippen LogP contribution in [-0.2, 0) is 14.3 Å². The van der Waals surface area contributed by atoms with Gasteiger partial charge in [-0.15, -0.1) is 0 Å². The second kappa shape index (κ2) is 8.53. The Morgan fingerprint density at radius 1 is 1.42 bits per heavy atom. The van der Waals surface area contributed by atoms with Gasteiger partial charge in [-0.3, -0.25) is 4.79 Å². The van der Waals surface area contributed by atoms with E-state index in [1.165, 1.54) is 0 Å². The molecule has 3 nitrogen and oxygen atoms in total. The molecule has 0 rings (SSSR count). The van der Waals surface area contributed by atoms with Crippen molar-refractivity contribution in [1.82, 2.24) is 0 Å². The quantitative estimate of drug-likeness (QED) is 0.414. The van der Waals surface area contributed by atoms with Gasteiger partial charge in [0.15, 0.2) is 0 Å². The molecule has 0 fully saturated rings. The first-order valence-corrected chi connectivity index (χ1v) is 4.44. The van der Waals surface area contributed by atoms with Gasteiger partial charge in [-0.1, -0.05) is 20.3 Å². The molecule has 0 saturated heterocycles. The highest BCUT2D eigenvalue weighted by Crippen LogP contribution is 1.97. The van der Waals surface area contributed by atoms with Gasteiger partial charge in [0.05, 0.1) is 13.2 Å². The molecule has 0 saturated carbocycles. The van der Waals surface area contributed by atoms with Crippen molar-refractivity contribution in [2.24, 2.45) is 5.92 Å². The van der Waals surface area contributed by atoms with E-state index in [9.17, 15) is 4.79 Å². The fraction of sp³-hybridized carbons (Fsp3) is 0.889. The van der Waals surface area contributed by atoms with E-state index in [0.717, 1.165) is 19.4 Å². The number of carbonyl (C=O) groups is 1. The molecule has 0 bridgehead atoms. The van der Waals surface area contributed by atoms with Crippen molar-refractivity contribution in [3.63, 3.8) is 0 Å². The summed E-state index contributed by atoms with van der Waals surface area (Å²) in [4.78, 5) is 9.82. The van der Waals surface area contributed by atoms with E-state index in [4.69, 9.17) is 4.74 Å². The molecular formula is C9H18O3. The fourth-order valence-electron chi connectivity index (χ4n) is 0.783. The Morgan fingerprint density at radius 2 is 2.17 bits per heavy atom. The highest BCUT2D eigenvalue weighted by atomic mass is 16.5. The molecular weight excluding hydrogens is 156 g/mol. The molecule has 0 aromatic heterocycles. The Bertz CT molecular complexity index is 104. The van der Waals surface area contributed by atoms with E-state index < -0.39 is 0 Å². The summed E-state index contributed by atoms with van der Waals surface area (Å²) < 4.78 is 9.93. The van der Waals surface area contributed by atoms with E-state index in [2.05, 4.69) is 11.7 Å². The summed E-state index contributed by atoms with van der Waals surface area (Å²) in [5.74, 6) is 0.298. The van der Waals surface area contributed by atoms with Gasteiger partial charge in [-0.05, 0) is 6.42 Å². The topological polar surface area (TPSA) is 35.5 Å². The molecule has 0 aliphatic carbocycles. The van der Waals surface area contributed by atoms with Crippen molar-refractivity contribution in [3.8, 4) is 0 Å². The Morgan fingerprint density at radius 3 is 2.75 bits per heavy atom. The average molecular weight is 174 g/mol. The van der Waals surface area contributed by atoms with E-state index in [0.29, 0.717) is 25.6 Å². The molecule has 0 amide bonds. The summed E-state index contributed by atoms with van der Waals surface area (Å²) in [7, 11) is 0. The van der Waals surface area contributed by atoms with Crippen LogP contribution in [0.3, 0.4) is 0 Å². The van der Waals surface area contributed by atoms with E-state index in [1.807, 2.05) is 6.92 Å². The second-order valence-corrected chi connectivity index (χ2v) is 2.96. The lowest BCUT2D eigenvalue weighted by atomic mass is 10.2. The molecule has 0 aromatic rings. The van der Waals surface area contributed by atoms with Crippen molar-refractivity contribution >= 4 is 6.47 Å². The highest BCUT2D eigenvalue weighted by molar-refractivity contribution is 5.36. The maximum Gasteiger partial charge on any atom is 0.293 e. The molecule has 0 heterocycles. The SMILES string of the molecule is CCCCOCC(C)COC=O. The predicted octanol–water partition coefficient (Wildman–Crippen LogP) is 1.61. The lowest BCUT2D eigenvalue weighted by Gasteiger charge is -2.09. The van der Waals surface area contributed by atoms with Crippen LogP contribution in [0.1, 0.15) is 26.7 Å². The van der Waals surface area contributed by atoms with Crippen LogP contribution in [0.15, 0.2) is 0 Å². The third kappa shape index (κ3) is 7.54. The Hall–Kier alpha value is -0.570. The maximum atomic E-state index is 9.82. The number of rotatable bonds is 8. The Labute approximate surface area is 74.0 Å². The molecule has 0 aromatic carbocycles. The molecule has 1 unspecified atom stereocenters. The molecule has 0 aliphatic rings. The number of hydrogen-bond donors (Lipinski definition) is 0. The van der Waals surface area contributed by atoms with Crippen LogP contribution in [-0.4, -0.2) is 26.3 Å². The minimum Gasteiger partial charge on any atom is -0.468 e. The molecule has 0 aliphatic heterocycles. The summed E-state index contributed by atoms with van der Waals surface area (Å²) in [5, 5.41) is 0. The summed E-state index contributed by atoms with van der Waals surface area (Å²) in [6, 6.07) is 0. The van der Waals surface area contributed by atoms with Crippen LogP contribution in [0.4, 0.5) is 0 Å². The lowest BCUT2D eigenvalue weighted by molar-refractivity contribution is -0.130. The number of carbonyl (C=O) groups excluding carboxylic acids is 1. The predicted molar refractivity (Wildman–Crippen MR) is 46.9 cm³/mol. The second-order valence-electron chi connectivity index (χ2n) is 2.96. The normalized spacial score (nSPS) is 12.5. The van der Waals surface area contributed by atoms with Gasteiger partial charge < -0.3 is 9.47 Å². The zero-order valence-corrected chi connectivity index (χ0v) is 7.91. The van der Waals surface area contributed by atoms with Crippen LogP contribution in [0, 0.1) is 5.92 Å². The van der Waals surface area contributed by atoms with Crippen LogP contribution in [0.25, 0.3) is 0 Å². The smallest absolute Gasteiger partial charge is 0.293 e. The molecule has 3 heteroatoms. The summed E-state index contributed by atoms with van der Waals surface area (Å²) >= 11 is 0. The molecule has 72 valence electrons. The zero-order chi connectivity index (χ0) is 9.23. The van der Waals surface area contributed by atoms with Crippen molar-refractivity contribution in [1.29, 1.82) is 0 Å². The molecule has 0 spiro atoms. The van der Waals surface area contributed by atoms with Crippen LogP contribution in [0.2, 0.25) is 0 Å². The van der Waals surface area contributed by atoms with Gasteiger partial charge >= 0.3 is 0 Å². The van der Waals surface area contributed by atoms with Gasteiger partial charge in [0, 0.05) is 12.5 Å².